The van der Waals surface area contributed by atoms with Gasteiger partial charge in [0.15, 0.2) is 0 Å². The van der Waals surface area contributed by atoms with Crippen LogP contribution < -0.4 is 0 Å². The summed E-state index contributed by atoms with van der Waals surface area (Å²) < 4.78 is 0.906. The molecule has 1 amide bonds. The molecule has 102 valence electrons. The Morgan fingerprint density at radius 3 is 2.65 bits per heavy atom. The molecule has 0 unspecified atom stereocenters. The predicted molar refractivity (Wildman–Crippen MR) is 83.8 cm³/mol. The highest BCUT2D eigenvalue weighted by molar-refractivity contribution is 9.10. The van der Waals surface area contributed by atoms with Crippen molar-refractivity contribution in [1.82, 2.24) is 4.90 Å². The van der Waals surface area contributed by atoms with Crippen LogP contribution >= 0.6 is 15.9 Å². The van der Waals surface area contributed by atoms with Gasteiger partial charge in [0.25, 0.3) is 5.91 Å². The molecule has 0 saturated heterocycles. The van der Waals surface area contributed by atoms with E-state index in [9.17, 15) is 4.79 Å². The molecule has 0 aromatic heterocycles. The summed E-state index contributed by atoms with van der Waals surface area (Å²) >= 11 is 3.53. The monoisotopic (exact) mass is 329 g/mol. The molecule has 0 aliphatic carbocycles. The molecule has 0 spiro atoms. The van der Waals surface area contributed by atoms with Crippen molar-refractivity contribution in [3.8, 4) is 0 Å². The Morgan fingerprint density at radius 1 is 1.10 bits per heavy atom. The van der Waals surface area contributed by atoms with Crippen LogP contribution in [0.2, 0.25) is 0 Å². The minimum atomic E-state index is 0.107. The first-order chi connectivity index (χ1) is 9.66. The fourth-order valence-electron chi connectivity index (χ4n) is 2.65. The number of nitrogens with zero attached hydrogens (tertiary/aromatic N) is 1. The molecule has 2 nitrogen and oxygen atoms in total. The van der Waals surface area contributed by atoms with Gasteiger partial charge < -0.3 is 4.90 Å². The van der Waals surface area contributed by atoms with Crippen LogP contribution in [0, 0.1) is 6.92 Å². The molecule has 0 saturated carbocycles. The predicted octanol–water partition coefficient (Wildman–Crippen LogP) is 3.96. The lowest BCUT2D eigenvalue weighted by Crippen LogP contribution is -2.36. The first-order valence-electron chi connectivity index (χ1n) is 6.78. The second-order valence-corrected chi connectivity index (χ2v) is 5.97. The van der Waals surface area contributed by atoms with E-state index in [1.807, 2.05) is 36.1 Å². The Balaban J connectivity index is 1.88. The molecular weight excluding hydrogens is 314 g/mol. The number of benzene rings is 2. The highest BCUT2D eigenvalue weighted by Gasteiger charge is 2.23. The maximum Gasteiger partial charge on any atom is 0.255 e. The third-order valence-electron chi connectivity index (χ3n) is 3.84. The molecule has 0 fully saturated rings. The van der Waals surface area contributed by atoms with E-state index in [4.69, 9.17) is 0 Å². The van der Waals surface area contributed by atoms with Crippen molar-refractivity contribution in [3.05, 3.63) is 69.2 Å². The van der Waals surface area contributed by atoms with E-state index in [0.717, 1.165) is 28.6 Å². The van der Waals surface area contributed by atoms with Gasteiger partial charge in [-0.25, -0.2) is 0 Å². The van der Waals surface area contributed by atoms with Crippen LogP contribution in [0.5, 0.6) is 0 Å². The molecule has 1 heterocycles. The third-order valence-corrected chi connectivity index (χ3v) is 4.89. The van der Waals surface area contributed by atoms with Gasteiger partial charge in [0.1, 0.15) is 0 Å². The van der Waals surface area contributed by atoms with Gasteiger partial charge in [0.05, 0.1) is 5.56 Å². The summed E-state index contributed by atoms with van der Waals surface area (Å²) in [5.41, 5.74) is 4.47. The molecule has 0 N–H and O–H groups in total. The first-order valence-corrected chi connectivity index (χ1v) is 7.57. The van der Waals surface area contributed by atoms with Crippen molar-refractivity contribution in [3.63, 3.8) is 0 Å². The van der Waals surface area contributed by atoms with Crippen molar-refractivity contribution in [2.75, 3.05) is 6.54 Å². The molecule has 0 atom stereocenters. The number of halogens is 1. The Bertz CT molecular complexity index is 666. The molecular formula is C17H16BrNO. The van der Waals surface area contributed by atoms with Crippen molar-refractivity contribution in [2.24, 2.45) is 0 Å². The van der Waals surface area contributed by atoms with Gasteiger partial charge in [-0.2, -0.15) is 0 Å². The summed E-state index contributed by atoms with van der Waals surface area (Å²) in [6.45, 7) is 3.50. The molecule has 1 aliphatic heterocycles. The van der Waals surface area contributed by atoms with E-state index >= 15 is 0 Å². The molecule has 0 bridgehead atoms. The Morgan fingerprint density at radius 2 is 1.85 bits per heavy atom. The number of amides is 1. The van der Waals surface area contributed by atoms with Gasteiger partial charge >= 0.3 is 0 Å². The topological polar surface area (TPSA) is 20.3 Å². The summed E-state index contributed by atoms with van der Waals surface area (Å²) in [6.07, 6.45) is 0.936. The van der Waals surface area contributed by atoms with Crippen LogP contribution in [0.25, 0.3) is 0 Å². The van der Waals surface area contributed by atoms with Crippen LogP contribution in [0.3, 0.4) is 0 Å². The minimum Gasteiger partial charge on any atom is -0.334 e. The lowest BCUT2D eigenvalue weighted by molar-refractivity contribution is 0.0733. The van der Waals surface area contributed by atoms with Crippen molar-refractivity contribution in [2.45, 2.75) is 19.9 Å². The summed E-state index contributed by atoms with van der Waals surface area (Å²) in [5, 5.41) is 0. The summed E-state index contributed by atoms with van der Waals surface area (Å²) in [7, 11) is 0. The van der Waals surface area contributed by atoms with Gasteiger partial charge in [-0.15, -0.1) is 0 Å². The Hall–Kier alpha value is -1.61. The van der Waals surface area contributed by atoms with Crippen LogP contribution in [0.15, 0.2) is 46.9 Å². The minimum absolute atomic E-state index is 0.107. The Kier molecular flexibility index (Phi) is 3.62. The molecule has 3 rings (SSSR count). The normalized spacial score (nSPS) is 14.0. The van der Waals surface area contributed by atoms with E-state index in [0.29, 0.717) is 6.54 Å². The highest BCUT2D eigenvalue weighted by atomic mass is 79.9. The zero-order valence-corrected chi connectivity index (χ0v) is 13.0. The summed E-state index contributed by atoms with van der Waals surface area (Å²) in [5.74, 6) is 0.107. The second-order valence-electron chi connectivity index (χ2n) is 5.18. The number of aryl methyl sites for hydroxylation is 1. The Labute approximate surface area is 127 Å². The van der Waals surface area contributed by atoms with Gasteiger partial charge in [-0.05, 0) is 52.0 Å². The van der Waals surface area contributed by atoms with Gasteiger partial charge in [-0.3, -0.25) is 4.79 Å². The van der Waals surface area contributed by atoms with Crippen molar-refractivity contribution in [1.29, 1.82) is 0 Å². The largest absolute Gasteiger partial charge is 0.334 e. The van der Waals surface area contributed by atoms with Gasteiger partial charge in [-0.1, -0.05) is 36.4 Å². The number of carbonyl (C=O) groups excluding carboxylic acids is 1. The SMILES string of the molecule is Cc1cccc(C(=O)N2CCc3ccccc3C2)c1Br. The number of carbonyl (C=O) groups is 1. The van der Waals surface area contributed by atoms with Crippen molar-refractivity contribution < 1.29 is 4.79 Å². The van der Waals surface area contributed by atoms with E-state index in [-0.39, 0.29) is 5.91 Å². The molecule has 1 aliphatic rings. The fraction of sp³-hybridized carbons (Fsp3) is 0.235. The summed E-state index contributed by atoms with van der Waals surface area (Å²) in [4.78, 5) is 14.6. The smallest absolute Gasteiger partial charge is 0.255 e. The average Bonchev–Trinajstić information content (AvgIpc) is 2.49. The average molecular weight is 330 g/mol. The quantitative estimate of drug-likeness (QED) is 0.775. The standard InChI is InChI=1S/C17H16BrNO/c1-12-5-4-8-15(16(12)18)17(20)19-10-9-13-6-2-3-7-14(13)11-19/h2-8H,9-11H2,1H3. The van der Waals surface area contributed by atoms with Crippen molar-refractivity contribution >= 4 is 21.8 Å². The van der Waals surface area contributed by atoms with Gasteiger partial charge in [0, 0.05) is 17.6 Å². The summed E-state index contributed by atoms with van der Waals surface area (Å²) in [6, 6.07) is 14.2. The van der Waals surface area contributed by atoms with E-state index in [1.54, 1.807) is 0 Å². The van der Waals surface area contributed by atoms with Crippen LogP contribution in [0.1, 0.15) is 27.0 Å². The van der Waals surface area contributed by atoms with Crippen LogP contribution in [0.4, 0.5) is 0 Å². The van der Waals surface area contributed by atoms with E-state index < -0.39 is 0 Å². The molecule has 2 aromatic rings. The first kappa shape index (κ1) is 13.4. The number of hydrogen-bond donors (Lipinski definition) is 0. The molecule has 0 radical (unpaired) electrons. The zero-order chi connectivity index (χ0) is 14.1. The van der Waals surface area contributed by atoms with E-state index in [2.05, 4.69) is 34.1 Å². The highest BCUT2D eigenvalue weighted by Crippen LogP contribution is 2.25. The third kappa shape index (κ3) is 2.38. The van der Waals surface area contributed by atoms with Crippen LogP contribution in [-0.2, 0) is 13.0 Å². The maximum atomic E-state index is 12.7. The lowest BCUT2D eigenvalue weighted by Gasteiger charge is -2.29. The maximum absolute atomic E-state index is 12.7. The molecule has 20 heavy (non-hydrogen) atoms. The molecule has 2 aromatic carbocycles. The zero-order valence-electron chi connectivity index (χ0n) is 11.4. The second kappa shape index (κ2) is 5.41. The number of hydrogen-bond acceptors (Lipinski definition) is 1. The number of rotatable bonds is 1. The molecule has 3 heteroatoms. The van der Waals surface area contributed by atoms with Crippen LogP contribution in [-0.4, -0.2) is 17.4 Å². The van der Waals surface area contributed by atoms with E-state index in [1.165, 1.54) is 11.1 Å². The lowest BCUT2D eigenvalue weighted by atomic mass is 9.99. The fourth-order valence-corrected chi connectivity index (χ4v) is 3.09. The number of fused-ring (bicyclic) bond motifs is 1. The van der Waals surface area contributed by atoms with Gasteiger partial charge in [0.2, 0.25) is 0 Å².